The molecule has 6 nitrogen and oxygen atoms in total. The highest BCUT2D eigenvalue weighted by Gasteiger charge is 2.36. The maximum absolute atomic E-state index is 13.0. The standard InChI is InChI=1S/C18H27N3O3/c1-4-5-12-19-15-10-7-6-9-14(15)17(22)21-13-8-11-16(21)18(23)20(2)24-3/h6-7,9-10,16,19H,4-5,8,11-13H2,1-3H3/t16-/m0/s1. The summed E-state index contributed by atoms with van der Waals surface area (Å²) in [5.41, 5.74) is 1.45. The Morgan fingerprint density at radius 1 is 1.38 bits per heavy atom. The molecule has 1 heterocycles. The highest BCUT2D eigenvalue weighted by molar-refractivity contribution is 6.02. The molecule has 1 saturated heterocycles. The van der Waals surface area contributed by atoms with Gasteiger partial charge in [0.05, 0.1) is 12.7 Å². The highest BCUT2D eigenvalue weighted by atomic mass is 16.7. The second-order valence-corrected chi connectivity index (χ2v) is 6.00. The van der Waals surface area contributed by atoms with E-state index >= 15 is 0 Å². The van der Waals surface area contributed by atoms with E-state index in [-0.39, 0.29) is 11.8 Å². The average molecular weight is 333 g/mol. The molecule has 1 atom stereocenters. The van der Waals surface area contributed by atoms with Gasteiger partial charge in [-0.25, -0.2) is 5.06 Å². The lowest BCUT2D eigenvalue weighted by Crippen LogP contribution is -2.46. The van der Waals surface area contributed by atoms with Crippen LogP contribution in [0.15, 0.2) is 24.3 Å². The monoisotopic (exact) mass is 333 g/mol. The van der Waals surface area contributed by atoms with Crippen LogP contribution in [0.1, 0.15) is 43.0 Å². The molecule has 0 saturated carbocycles. The minimum atomic E-state index is -0.453. The van der Waals surface area contributed by atoms with Gasteiger partial charge in [0, 0.05) is 25.8 Å². The molecule has 0 radical (unpaired) electrons. The zero-order valence-electron chi connectivity index (χ0n) is 14.7. The van der Waals surface area contributed by atoms with Gasteiger partial charge < -0.3 is 10.2 Å². The van der Waals surface area contributed by atoms with Crippen LogP contribution in [0.5, 0.6) is 0 Å². The fraction of sp³-hybridized carbons (Fsp3) is 0.556. The predicted molar refractivity (Wildman–Crippen MR) is 93.7 cm³/mol. The first-order valence-electron chi connectivity index (χ1n) is 8.55. The van der Waals surface area contributed by atoms with Crippen LogP contribution in [0.2, 0.25) is 0 Å². The molecule has 0 aromatic heterocycles. The Labute approximate surface area is 143 Å². The van der Waals surface area contributed by atoms with E-state index in [0.29, 0.717) is 18.5 Å². The molecule has 0 bridgehead atoms. The van der Waals surface area contributed by atoms with Crippen LogP contribution in [-0.2, 0) is 9.63 Å². The average Bonchev–Trinajstić information content (AvgIpc) is 3.10. The molecule has 6 heteroatoms. The molecule has 0 spiro atoms. The molecule has 132 valence electrons. The molecule has 2 amide bonds. The van der Waals surface area contributed by atoms with Gasteiger partial charge in [0.2, 0.25) is 0 Å². The van der Waals surface area contributed by atoms with Crippen LogP contribution >= 0.6 is 0 Å². The molecule has 1 aliphatic rings. The largest absolute Gasteiger partial charge is 0.384 e. The Bertz CT molecular complexity index is 576. The summed E-state index contributed by atoms with van der Waals surface area (Å²) in [5.74, 6) is -0.283. The molecule has 2 rings (SSSR count). The molecular weight excluding hydrogens is 306 g/mol. The number of unbranched alkanes of at least 4 members (excludes halogenated alkanes) is 1. The van der Waals surface area contributed by atoms with Gasteiger partial charge in [-0.2, -0.15) is 0 Å². The second-order valence-electron chi connectivity index (χ2n) is 6.00. The van der Waals surface area contributed by atoms with E-state index in [1.807, 2.05) is 24.3 Å². The van der Waals surface area contributed by atoms with E-state index in [9.17, 15) is 9.59 Å². The maximum Gasteiger partial charge on any atom is 0.268 e. The van der Waals surface area contributed by atoms with Crippen molar-refractivity contribution in [2.24, 2.45) is 0 Å². The van der Waals surface area contributed by atoms with Gasteiger partial charge >= 0.3 is 0 Å². The first-order valence-corrected chi connectivity index (χ1v) is 8.55. The molecule has 1 N–H and O–H groups in total. The predicted octanol–water partition coefficient (Wildman–Crippen LogP) is 2.52. The van der Waals surface area contributed by atoms with Crippen molar-refractivity contribution in [3.63, 3.8) is 0 Å². The molecule has 1 aliphatic heterocycles. The summed E-state index contributed by atoms with van der Waals surface area (Å²) in [6.45, 7) is 3.55. The quantitative estimate of drug-likeness (QED) is 0.615. The number of hydrogen-bond acceptors (Lipinski definition) is 4. The number of nitrogens with one attached hydrogen (secondary N) is 1. The number of hydrogen-bond donors (Lipinski definition) is 1. The van der Waals surface area contributed by atoms with Crippen LogP contribution in [0.3, 0.4) is 0 Å². The lowest BCUT2D eigenvalue weighted by Gasteiger charge is -2.27. The summed E-state index contributed by atoms with van der Waals surface area (Å²) < 4.78 is 0. The number of hydroxylamine groups is 2. The van der Waals surface area contributed by atoms with E-state index in [1.54, 1.807) is 11.9 Å². The number of likely N-dealkylation sites (tertiary alicyclic amines) is 1. The maximum atomic E-state index is 13.0. The minimum absolute atomic E-state index is 0.102. The molecule has 1 aromatic rings. The summed E-state index contributed by atoms with van der Waals surface area (Å²) in [6.07, 6.45) is 3.63. The lowest BCUT2D eigenvalue weighted by atomic mass is 10.1. The van der Waals surface area contributed by atoms with Crippen molar-refractivity contribution < 1.29 is 14.4 Å². The second kappa shape index (κ2) is 8.68. The number of anilines is 1. The fourth-order valence-electron chi connectivity index (χ4n) is 2.94. The molecule has 0 aliphatic carbocycles. The van der Waals surface area contributed by atoms with Crippen LogP contribution in [-0.4, -0.2) is 55.1 Å². The summed E-state index contributed by atoms with van der Waals surface area (Å²) in [4.78, 5) is 32.1. The van der Waals surface area contributed by atoms with Crippen molar-refractivity contribution in [2.45, 2.75) is 38.6 Å². The van der Waals surface area contributed by atoms with Crippen molar-refractivity contribution in [2.75, 3.05) is 32.6 Å². The van der Waals surface area contributed by atoms with Crippen molar-refractivity contribution in [3.8, 4) is 0 Å². The number of carbonyl (C=O) groups excluding carboxylic acids is 2. The van der Waals surface area contributed by atoms with Crippen molar-refractivity contribution in [1.82, 2.24) is 9.96 Å². The van der Waals surface area contributed by atoms with E-state index in [4.69, 9.17) is 4.84 Å². The third-order valence-electron chi connectivity index (χ3n) is 4.39. The first-order chi connectivity index (χ1) is 11.6. The normalized spacial score (nSPS) is 17.0. The summed E-state index contributed by atoms with van der Waals surface area (Å²) in [5, 5.41) is 4.53. The number of rotatable bonds is 7. The van der Waals surface area contributed by atoms with Gasteiger partial charge in [0.1, 0.15) is 6.04 Å². The molecule has 1 fully saturated rings. The third kappa shape index (κ3) is 4.06. The van der Waals surface area contributed by atoms with Gasteiger partial charge in [-0.15, -0.1) is 0 Å². The topological polar surface area (TPSA) is 61.9 Å². The van der Waals surface area contributed by atoms with E-state index in [1.165, 1.54) is 12.2 Å². The summed E-state index contributed by atoms with van der Waals surface area (Å²) >= 11 is 0. The van der Waals surface area contributed by atoms with E-state index < -0.39 is 6.04 Å². The zero-order chi connectivity index (χ0) is 17.5. The van der Waals surface area contributed by atoms with Crippen LogP contribution < -0.4 is 5.32 Å². The highest BCUT2D eigenvalue weighted by Crippen LogP contribution is 2.25. The van der Waals surface area contributed by atoms with E-state index in [0.717, 1.165) is 31.5 Å². The number of benzene rings is 1. The van der Waals surface area contributed by atoms with Gasteiger partial charge in [-0.3, -0.25) is 14.4 Å². The Hall–Kier alpha value is -2.08. The molecular formula is C18H27N3O3. The van der Waals surface area contributed by atoms with Gasteiger partial charge in [0.15, 0.2) is 0 Å². The Balaban J connectivity index is 2.17. The fourth-order valence-corrected chi connectivity index (χ4v) is 2.94. The number of amides is 2. The minimum Gasteiger partial charge on any atom is -0.384 e. The Morgan fingerprint density at radius 2 is 2.12 bits per heavy atom. The van der Waals surface area contributed by atoms with E-state index in [2.05, 4.69) is 12.2 Å². The van der Waals surface area contributed by atoms with Gasteiger partial charge in [-0.05, 0) is 31.4 Å². The first kappa shape index (κ1) is 18.3. The number of para-hydroxylation sites is 1. The third-order valence-corrected chi connectivity index (χ3v) is 4.39. The zero-order valence-corrected chi connectivity index (χ0v) is 14.7. The number of likely N-dealkylation sites (N-methyl/N-ethyl adjacent to an activating group) is 1. The van der Waals surface area contributed by atoms with Crippen molar-refractivity contribution in [3.05, 3.63) is 29.8 Å². The van der Waals surface area contributed by atoms with Crippen LogP contribution in [0, 0.1) is 0 Å². The Morgan fingerprint density at radius 3 is 2.83 bits per heavy atom. The van der Waals surface area contributed by atoms with Crippen molar-refractivity contribution in [1.29, 1.82) is 0 Å². The van der Waals surface area contributed by atoms with Crippen LogP contribution in [0.25, 0.3) is 0 Å². The Kier molecular flexibility index (Phi) is 6.61. The summed E-state index contributed by atoms with van der Waals surface area (Å²) in [6, 6.07) is 7.04. The number of nitrogens with zero attached hydrogens (tertiary/aromatic N) is 2. The smallest absolute Gasteiger partial charge is 0.268 e. The number of carbonyl (C=O) groups is 2. The van der Waals surface area contributed by atoms with Crippen LogP contribution in [0.4, 0.5) is 5.69 Å². The van der Waals surface area contributed by atoms with Gasteiger partial charge in [0.25, 0.3) is 11.8 Å². The lowest BCUT2D eigenvalue weighted by molar-refractivity contribution is -0.172. The summed E-state index contributed by atoms with van der Waals surface area (Å²) in [7, 11) is 3.02. The molecule has 1 aromatic carbocycles. The van der Waals surface area contributed by atoms with Crippen molar-refractivity contribution >= 4 is 17.5 Å². The molecule has 0 unspecified atom stereocenters. The van der Waals surface area contributed by atoms with Gasteiger partial charge in [-0.1, -0.05) is 25.5 Å². The SMILES string of the molecule is CCCCNc1ccccc1C(=O)N1CCC[C@H]1C(=O)N(C)OC. The molecule has 24 heavy (non-hydrogen) atoms.